The van der Waals surface area contributed by atoms with E-state index in [9.17, 15) is 4.79 Å². The van der Waals surface area contributed by atoms with Crippen molar-refractivity contribution in [2.45, 2.75) is 6.42 Å². The van der Waals surface area contributed by atoms with Gasteiger partial charge in [0.2, 0.25) is 0 Å². The molecule has 3 heteroatoms. The number of carbonyl (C=O) groups is 1. The number of para-hydroxylation sites is 2. The van der Waals surface area contributed by atoms with Gasteiger partial charge in [-0.25, -0.2) is 0 Å². The van der Waals surface area contributed by atoms with Crippen molar-refractivity contribution in [2.75, 3.05) is 0 Å². The number of thiocarbonyl (C=S) groups is 1. The minimum Gasteiger partial charge on any atom is -0.308 e. The molecule has 24 heavy (non-hydrogen) atoms. The highest BCUT2D eigenvalue weighted by atomic mass is 32.1. The second kappa shape index (κ2) is 6.02. The molecule has 4 rings (SSSR count). The van der Waals surface area contributed by atoms with Crippen LogP contribution in [0.1, 0.15) is 22.5 Å². The molecule has 1 aliphatic carbocycles. The van der Waals surface area contributed by atoms with Crippen LogP contribution >= 0.6 is 12.2 Å². The van der Waals surface area contributed by atoms with Crippen molar-refractivity contribution in [3.05, 3.63) is 84.1 Å². The van der Waals surface area contributed by atoms with Crippen LogP contribution in [0.25, 0.3) is 22.2 Å². The molecule has 1 aliphatic rings. The zero-order chi connectivity index (χ0) is 16.5. The van der Waals surface area contributed by atoms with Crippen molar-refractivity contribution in [3.8, 4) is 5.69 Å². The molecule has 0 atom stereocenters. The zero-order valence-corrected chi connectivity index (χ0v) is 13.8. The lowest BCUT2D eigenvalue weighted by atomic mass is 9.98. The summed E-state index contributed by atoms with van der Waals surface area (Å²) in [5.41, 5.74) is 4.56. The number of fused-ring (bicyclic) bond motifs is 1. The van der Waals surface area contributed by atoms with Gasteiger partial charge < -0.3 is 4.57 Å². The largest absolute Gasteiger partial charge is 0.308 e. The number of nitrogens with zero attached hydrogens (tertiary/aromatic N) is 1. The van der Waals surface area contributed by atoms with Crippen LogP contribution in [-0.4, -0.2) is 15.7 Å². The quantitative estimate of drug-likeness (QED) is 0.489. The molecular weight excluding hydrogens is 314 g/mol. The van der Waals surface area contributed by atoms with E-state index >= 15 is 0 Å². The molecule has 0 bridgehead atoms. The van der Waals surface area contributed by atoms with Gasteiger partial charge >= 0.3 is 0 Å². The average molecular weight is 329 g/mol. The number of benzene rings is 2. The van der Waals surface area contributed by atoms with Gasteiger partial charge in [-0.1, -0.05) is 66.8 Å². The smallest absolute Gasteiger partial charge is 0.152 e. The van der Waals surface area contributed by atoms with Crippen LogP contribution in [-0.2, 0) is 0 Å². The van der Waals surface area contributed by atoms with Gasteiger partial charge in [-0.05, 0) is 18.2 Å². The van der Waals surface area contributed by atoms with Crippen molar-refractivity contribution in [2.24, 2.45) is 0 Å². The predicted molar refractivity (Wildman–Crippen MR) is 103 cm³/mol. The second-order valence-electron chi connectivity index (χ2n) is 5.70. The van der Waals surface area contributed by atoms with E-state index in [2.05, 4.69) is 4.57 Å². The summed E-state index contributed by atoms with van der Waals surface area (Å²) < 4.78 is 2.14. The highest BCUT2D eigenvalue weighted by Crippen LogP contribution is 2.35. The maximum absolute atomic E-state index is 11.9. The Kier molecular flexibility index (Phi) is 3.71. The third kappa shape index (κ3) is 2.25. The minimum absolute atomic E-state index is 0.693. The monoisotopic (exact) mass is 329 g/mol. The van der Waals surface area contributed by atoms with E-state index in [-0.39, 0.29) is 0 Å². The SMILES string of the molecule is O=Cc1c(C2=CC=CCC2=S)n(-c2ccccc2)c2ccccc12. The summed E-state index contributed by atoms with van der Waals surface area (Å²) in [6.07, 6.45) is 7.73. The third-order valence-electron chi connectivity index (χ3n) is 4.30. The molecule has 0 unspecified atom stereocenters. The van der Waals surface area contributed by atoms with Gasteiger partial charge in [0.1, 0.15) is 0 Å². The normalized spacial score (nSPS) is 14.0. The van der Waals surface area contributed by atoms with Crippen molar-refractivity contribution in [1.82, 2.24) is 4.57 Å². The Morgan fingerprint density at radius 2 is 1.75 bits per heavy atom. The number of aromatic nitrogens is 1. The molecule has 1 heterocycles. The van der Waals surface area contributed by atoms with Crippen molar-refractivity contribution >= 4 is 39.8 Å². The molecule has 0 saturated heterocycles. The fourth-order valence-electron chi connectivity index (χ4n) is 3.25. The molecule has 0 amide bonds. The number of rotatable bonds is 3. The van der Waals surface area contributed by atoms with Gasteiger partial charge in [-0.3, -0.25) is 4.79 Å². The lowest BCUT2D eigenvalue weighted by molar-refractivity contribution is 0.112. The molecule has 0 spiro atoms. The van der Waals surface area contributed by atoms with E-state index in [4.69, 9.17) is 12.2 Å². The van der Waals surface area contributed by atoms with Gasteiger partial charge in [0.05, 0.1) is 11.2 Å². The highest BCUT2D eigenvalue weighted by Gasteiger charge is 2.23. The second-order valence-corrected chi connectivity index (χ2v) is 6.20. The Hall–Kier alpha value is -2.78. The number of hydrogen-bond acceptors (Lipinski definition) is 2. The zero-order valence-electron chi connectivity index (χ0n) is 13.0. The first-order valence-corrected chi connectivity index (χ1v) is 8.26. The lowest BCUT2D eigenvalue weighted by Crippen LogP contribution is -2.08. The van der Waals surface area contributed by atoms with E-state index in [0.29, 0.717) is 5.56 Å². The molecule has 0 fully saturated rings. The van der Waals surface area contributed by atoms with E-state index in [1.807, 2.05) is 72.8 Å². The van der Waals surface area contributed by atoms with E-state index < -0.39 is 0 Å². The first kappa shape index (κ1) is 14.8. The van der Waals surface area contributed by atoms with Gasteiger partial charge in [0, 0.05) is 33.5 Å². The number of hydrogen-bond donors (Lipinski definition) is 0. The molecule has 116 valence electrons. The van der Waals surface area contributed by atoms with Crippen LogP contribution in [0.5, 0.6) is 0 Å². The Morgan fingerprint density at radius 3 is 2.50 bits per heavy atom. The maximum Gasteiger partial charge on any atom is 0.152 e. The fraction of sp³-hybridized carbons (Fsp3) is 0.0476. The molecular formula is C21H15NOS. The van der Waals surface area contributed by atoms with E-state index in [1.165, 1.54) is 0 Å². The summed E-state index contributed by atoms with van der Waals surface area (Å²) in [6, 6.07) is 18.1. The molecule has 2 aromatic carbocycles. The molecule has 0 saturated carbocycles. The molecule has 2 nitrogen and oxygen atoms in total. The van der Waals surface area contributed by atoms with Gasteiger partial charge in [-0.15, -0.1) is 0 Å². The predicted octanol–water partition coefficient (Wildman–Crippen LogP) is 5.16. The van der Waals surface area contributed by atoms with E-state index in [1.54, 1.807) is 0 Å². The third-order valence-corrected chi connectivity index (χ3v) is 4.69. The molecule has 1 aromatic heterocycles. The van der Waals surface area contributed by atoms with Gasteiger partial charge in [0.15, 0.2) is 6.29 Å². The first-order chi connectivity index (χ1) is 11.8. The minimum atomic E-state index is 0.693. The van der Waals surface area contributed by atoms with Gasteiger partial charge in [-0.2, -0.15) is 0 Å². The van der Waals surface area contributed by atoms with Crippen LogP contribution < -0.4 is 0 Å². The van der Waals surface area contributed by atoms with Crippen molar-refractivity contribution < 1.29 is 4.79 Å². The van der Waals surface area contributed by atoms with Gasteiger partial charge in [0.25, 0.3) is 0 Å². The van der Waals surface area contributed by atoms with Crippen LogP contribution in [0.3, 0.4) is 0 Å². The summed E-state index contributed by atoms with van der Waals surface area (Å²) >= 11 is 5.58. The Bertz CT molecular complexity index is 1010. The average Bonchev–Trinajstić information content (AvgIpc) is 2.97. The lowest BCUT2D eigenvalue weighted by Gasteiger charge is -2.16. The number of allylic oxidation sites excluding steroid dienone is 4. The summed E-state index contributed by atoms with van der Waals surface area (Å²) in [7, 11) is 0. The number of aldehydes is 1. The maximum atomic E-state index is 11.9. The summed E-state index contributed by atoms with van der Waals surface area (Å²) in [5.74, 6) is 0. The number of carbonyl (C=O) groups excluding carboxylic acids is 1. The van der Waals surface area contributed by atoms with Crippen LogP contribution in [0, 0.1) is 0 Å². The topological polar surface area (TPSA) is 22.0 Å². The molecule has 0 aliphatic heterocycles. The van der Waals surface area contributed by atoms with Crippen molar-refractivity contribution in [1.29, 1.82) is 0 Å². The Labute approximate surface area is 145 Å². The molecule has 0 radical (unpaired) electrons. The van der Waals surface area contributed by atoms with Crippen LogP contribution in [0.15, 0.2) is 72.8 Å². The molecule has 0 N–H and O–H groups in total. The molecule has 3 aromatic rings. The fourth-order valence-corrected chi connectivity index (χ4v) is 3.51. The van der Waals surface area contributed by atoms with Crippen molar-refractivity contribution in [3.63, 3.8) is 0 Å². The standard InChI is InChI=1S/C21H15NOS/c23-14-18-16-10-4-6-12-19(16)22(15-8-2-1-3-9-15)21(18)17-11-5-7-13-20(17)24/h1-12,14H,13H2. The van der Waals surface area contributed by atoms with Crippen LogP contribution in [0.2, 0.25) is 0 Å². The summed E-state index contributed by atoms with van der Waals surface area (Å²) in [5, 5.41) is 0.949. The highest BCUT2D eigenvalue weighted by molar-refractivity contribution is 7.81. The van der Waals surface area contributed by atoms with Crippen LogP contribution in [0.4, 0.5) is 0 Å². The first-order valence-electron chi connectivity index (χ1n) is 7.85. The summed E-state index contributed by atoms with van der Waals surface area (Å²) in [4.78, 5) is 12.8. The summed E-state index contributed by atoms with van der Waals surface area (Å²) in [6.45, 7) is 0. The van der Waals surface area contributed by atoms with E-state index in [0.717, 1.165) is 45.4 Å². The Balaban J connectivity index is 2.15. The Morgan fingerprint density at radius 1 is 1.00 bits per heavy atom.